The zero-order valence-electron chi connectivity index (χ0n) is 10.5. The smallest absolute Gasteiger partial charge is 0.122 e. The number of hydrogen-bond donors (Lipinski definition) is 1. The van der Waals surface area contributed by atoms with Crippen molar-refractivity contribution < 1.29 is 4.74 Å². The minimum atomic E-state index is 0.462. The molecular formula is C14H17N3O. The van der Waals surface area contributed by atoms with E-state index in [-0.39, 0.29) is 0 Å². The maximum absolute atomic E-state index is 5.74. The molecule has 1 aromatic carbocycles. The average Bonchev–Trinajstić information content (AvgIpc) is 2.79. The molecule has 0 saturated heterocycles. The molecule has 0 fully saturated rings. The van der Waals surface area contributed by atoms with Crippen molar-refractivity contribution in [3.8, 4) is 16.9 Å². The molecule has 3 rings (SSSR count). The minimum Gasteiger partial charge on any atom is -0.493 e. The van der Waals surface area contributed by atoms with Crippen molar-refractivity contribution in [1.29, 1.82) is 0 Å². The molecule has 0 spiro atoms. The summed E-state index contributed by atoms with van der Waals surface area (Å²) in [6.45, 7) is 1.29. The molecule has 2 N–H and O–H groups in total. The zero-order chi connectivity index (χ0) is 12.5. The molecule has 18 heavy (non-hydrogen) atoms. The number of fused-ring (bicyclic) bond motifs is 1. The largest absolute Gasteiger partial charge is 0.493 e. The van der Waals surface area contributed by atoms with Crippen LogP contribution in [0.3, 0.4) is 0 Å². The summed E-state index contributed by atoms with van der Waals surface area (Å²) in [7, 11) is 1.92. The van der Waals surface area contributed by atoms with Crippen molar-refractivity contribution in [3.63, 3.8) is 0 Å². The zero-order valence-corrected chi connectivity index (χ0v) is 10.5. The Morgan fingerprint density at radius 2 is 2.33 bits per heavy atom. The van der Waals surface area contributed by atoms with Gasteiger partial charge in [0.05, 0.1) is 12.3 Å². The lowest BCUT2D eigenvalue weighted by molar-refractivity contribution is 0.288. The van der Waals surface area contributed by atoms with E-state index >= 15 is 0 Å². The normalized spacial score (nSPS) is 14.1. The summed E-state index contributed by atoms with van der Waals surface area (Å²) in [5, 5.41) is 4.38. The molecule has 0 aliphatic carbocycles. The van der Waals surface area contributed by atoms with Gasteiger partial charge >= 0.3 is 0 Å². The van der Waals surface area contributed by atoms with Gasteiger partial charge in [0.1, 0.15) is 5.75 Å². The number of rotatable bonds is 2. The Balaban J connectivity index is 2.06. The Labute approximate surface area is 106 Å². The van der Waals surface area contributed by atoms with Gasteiger partial charge in [0.15, 0.2) is 0 Å². The standard InChI is InChI=1S/C14H17N3O/c1-17-9-12(13(8-15)16-17)10-4-5-14-11(7-10)3-2-6-18-14/h4-5,7,9H,2-3,6,8,15H2,1H3. The molecule has 2 heterocycles. The Hall–Kier alpha value is -1.81. The van der Waals surface area contributed by atoms with E-state index in [4.69, 9.17) is 10.5 Å². The Bertz CT molecular complexity index is 574. The highest BCUT2D eigenvalue weighted by Gasteiger charge is 2.14. The van der Waals surface area contributed by atoms with E-state index < -0.39 is 0 Å². The average molecular weight is 243 g/mol. The van der Waals surface area contributed by atoms with Crippen molar-refractivity contribution in [2.24, 2.45) is 12.8 Å². The van der Waals surface area contributed by atoms with Crippen LogP contribution in [0.2, 0.25) is 0 Å². The molecule has 1 aromatic heterocycles. The first-order valence-electron chi connectivity index (χ1n) is 6.26. The molecule has 0 amide bonds. The van der Waals surface area contributed by atoms with E-state index in [9.17, 15) is 0 Å². The van der Waals surface area contributed by atoms with E-state index in [1.807, 2.05) is 17.9 Å². The summed E-state index contributed by atoms with van der Waals surface area (Å²) in [5.41, 5.74) is 10.3. The van der Waals surface area contributed by atoms with Crippen LogP contribution in [-0.2, 0) is 20.0 Å². The van der Waals surface area contributed by atoms with Crippen molar-refractivity contribution in [2.75, 3.05) is 6.61 Å². The summed E-state index contributed by atoms with van der Waals surface area (Å²) in [6, 6.07) is 6.34. The van der Waals surface area contributed by atoms with Crippen LogP contribution in [-0.4, -0.2) is 16.4 Å². The van der Waals surface area contributed by atoms with Crippen LogP contribution in [0.4, 0.5) is 0 Å². The van der Waals surface area contributed by atoms with Gasteiger partial charge in [-0.15, -0.1) is 0 Å². The fourth-order valence-electron chi connectivity index (χ4n) is 2.45. The fourth-order valence-corrected chi connectivity index (χ4v) is 2.45. The number of hydrogen-bond acceptors (Lipinski definition) is 3. The molecule has 2 aromatic rings. The number of nitrogens with two attached hydrogens (primary N) is 1. The fraction of sp³-hybridized carbons (Fsp3) is 0.357. The second-order valence-corrected chi connectivity index (χ2v) is 4.64. The molecule has 94 valence electrons. The molecule has 0 radical (unpaired) electrons. The van der Waals surface area contributed by atoms with Gasteiger partial charge in [-0.25, -0.2) is 0 Å². The third-order valence-corrected chi connectivity index (χ3v) is 3.32. The first-order chi connectivity index (χ1) is 8.78. The summed E-state index contributed by atoms with van der Waals surface area (Å²) in [6.07, 6.45) is 4.20. The van der Waals surface area contributed by atoms with Gasteiger partial charge < -0.3 is 10.5 Å². The topological polar surface area (TPSA) is 53.1 Å². The molecule has 1 aliphatic rings. The van der Waals surface area contributed by atoms with E-state index in [0.717, 1.165) is 36.5 Å². The maximum Gasteiger partial charge on any atom is 0.122 e. The van der Waals surface area contributed by atoms with Gasteiger partial charge in [0.25, 0.3) is 0 Å². The summed E-state index contributed by atoms with van der Waals surface area (Å²) < 4.78 is 7.44. The quantitative estimate of drug-likeness (QED) is 0.876. The highest BCUT2D eigenvalue weighted by Crippen LogP contribution is 2.31. The Morgan fingerprint density at radius 1 is 1.44 bits per heavy atom. The number of benzene rings is 1. The molecule has 4 heteroatoms. The lowest BCUT2D eigenvalue weighted by atomic mass is 9.99. The monoisotopic (exact) mass is 243 g/mol. The van der Waals surface area contributed by atoms with Crippen LogP contribution < -0.4 is 10.5 Å². The van der Waals surface area contributed by atoms with Crippen molar-refractivity contribution >= 4 is 0 Å². The van der Waals surface area contributed by atoms with Crippen molar-refractivity contribution in [1.82, 2.24) is 9.78 Å². The molecule has 4 nitrogen and oxygen atoms in total. The van der Waals surface area contributed by atoms with Gasteiger partial charge in [0.2, 0.25) is 0 Å². The van der Waals surface area contributed by atoms with Crippen LogP contribution in [0.25, 0.3) is 11.1 Å². The van der Waals surface area contributed by atoms with Crippen LogP contribution >= 0.6 is 0 Å². The molecule has 0 bridgehead atoms. The van der Waals surface area contributed by atoms with E-state index in [2.05, 4.69) is 23.3 Å². The third-order valence-electron chi connectivity index (χ3n) is 3.32. The number of nitrogens with zero attached hydrogens (tertiary/aromatic N) is 2. The van der Waals surface area contributed by atoms with Crippen LogP contribution in [0.1, 0.15) is 17.7 Å². The molecule has 0 saturated carbocycles. The minimum absolute atomic E-state index is 0.462. The van der Waals surface area contributed by atoms with E-state index in [1.165, 1.54) is 11.1 Å². The number of ether oxygens (including phenoxy) is 1. The third kappa shape index (κ3) is 1.88. The predicted molar refractivity (Wildman–Crippen MR) is 70.4 cm³/mol. The number of aryl methyl sites for hydroxylation is 2. The molecular weight excluding hydrogens is 226 g/mol. The lowest BCUT2D eigenvalue weighted by Gasteiger charge is -2.17. The maximum atomic E-state index is 5.74. The van der Waals surface area contributed by atoms with E-state index in [0.29, 0.717) is 6.54 Å². The summed E-state index contributed by atoms with van der Waals surface area (Å²) in [4.78, 5) is 0. The highest BCUT2D eigenvalue weighted by molar-refractivity contribution is 5.67. The van der Waals surface area contributed by atoms with Crippen molar-refractivity contribution in [2.45, 2.75) is 19.4 Å². The number of aromatic nitrogens is 2. The van der Waals surface area contributed by atoms with Gasteiger partial charge in [-0.1, -0.05) is 6.07 Å². The van der Waals surface area contributed by atoms with Crippen LogP contribution in [0.5, 0.6) is 5.75 Å². The van der Waals surface area contributed by atoms with Gasteiger partial charge in [-0.05, 0) is 36.1 Å². The lowest BCUT2D eigenvalue weighted by Crippen LogP contribution is -2.08. The first kappa shape index (κ1) is 11.3. The summed E-state index contributed by atoms with van der Waals surface area (Å²) >= 11 is 0. The van der Waals surface area contributed by atoms with Crippen LogP contribution in [0.15, 0.2) is 24.4 Å². The molecule has 1 aliphatic heterocycles. The second-order valence-electron chi connectivity index (χ2n) is 4.64. The Morgan fingerprint density at radius 3 is 3.17 bits per heavy atom. The predicted octanol–water partition coefficient (Wildman–Crippen LogP) is 1.87. The van der Waals surface area contributed by atoms with Gasteiger partial charge in [0, 0.05) is 25.4 Å². The second kappa shape index (κ2) is 4.46. The van der Waals surface area contributed by atoms with Gasteiger partial charge in [-0.3, -0.25) is 4.68 Å². The van der Waals surface area contributed by atoms with E-state index in [1.54, 1.807) is 0 Å². The SMILES string of the molecule is Cn1cc(-c2ccc3c(c2)CCCO3)c(CN)n1. The Kier molecular flexibility index (Phi) is 2.80. The summed E-state index contributed by atoms with van der Waals surface area (Å²) in [5.74, 6) is 1.02. The van der Waals surface area contributed by atoms with Gasteiger partial charge in [-0.2, -0.15) is 5.10 Å². The first-order valence-corrected chi connectivity index (χ1v) is 6.26. The van der Waals surface area contributed by atoms with Crippen molar-refractivity contribution in [3.05, 3.63) is 35.7 Å². The van der Waals surface area contributed by atoms with Crippen LogP contribution in [0, 0.1) is 0 Å². The molecule has 0 atom stereocenters. The highest BCUT2D eigenvalue weighted by atomic mass is 16.5. The molecule has 0 unspecified atom stereocenters.